The zero-order valence-electron chi connectivity index (χ0n) is 19.1. The van der Waals surface area contributed by atoms with E-state index in [9.17, 15) is 9.59 Å². The summed E-state index contributed by atoms with van der Waals surface area (Å²) in [5.41, 5.74) is 2.99. The highest BCUT2D eigenvalue weighted by atomic mass is 16.1. The van der Waals surface area contributed by atoms with Crippen molar-refractivity contribution in [1.82, 2.24) is 24.8 Å². The van der Waals surface area contributed by atoms with Gasteiger partial charge in [0.25, 0.3) is 5.56 Å². The Balaban J connectivity index is 1.50. The van der Waals surface area contributed by atoms with E-state index in [2.05, 4.69) is 25.5 Å². The molecule has 172 valence electrons. The Labute approximate surface area is 192 Å². The van der Waals surface area contributed by atoms with Crippen molar-refractivity contribution in [3.63, 3.8) is 0 Å². The molecule has 9 nitrogen and oxygen atoms in total. The Morgan fingerprint density at radius 1 is 1.12 bits per heavy atom. The lowest BCUT2D eigenvalue weighted by molar-refractivity contribution is 0.101. The molecule has 3 aromatic heterocycles. The summed E-state index contributed by atoms with van der Waals surface area (Å²) >= 11 is 0. The minimum atomic E-state index is -0.232. The molecule has 3 aromatic rings. The van der Waals surface area contributed by atoms with E-state index in [4.69, 9.17) is 4.98 Å². The van der Waals surface area contributed by atoms with Crippen LogP contribution in [0, 0.1) is 6.92 Å². The topological polar surface area (TPSA) is 105 Å². The molecule has 0 spiro atoms. The molecule has 0 amide bonds. The predicted octanol–water partition coefficient (Wildman–Crippen LogP) is 2.97. The first-order valence-corrected chi connectivity index (χ1v) is 11.6. The summed E-state index contributed by atoms with van der Waals surface area (Å²) in [5, 5.41) is 6.52. The highest BCUT2D eigenvalue weighted by molar-refractivity contribution is 5.99. The maximum atomic E-state index is 13.2. The van der Waals surface area contributed by atoms with Crippen molar-refractivity contribution in [2.45, 2.75) is 45.6 Å². The molecule has 2 aliphatic rings. The molecule has 0 bridgehead atoms. The third-order valence-corrected chi connectivity index (χ3v) is 6.70. The van der Waals surface area contributed by atoms with E-state index in [0.29, 0.717) is 28.4 Å². The SMILES string of the molecule is CC(=O)c1c(C)c2nc(Nc3ccc(N4CCNCC4)cn3)ncc2n(C2CCCC2)c1=O. The fourth-order valence-corrected chi connectivity index (χ4v) is 5.02. The fraction of sp³-hybridized carbons (Fsp3) is 0.458. The summed E-state index contributed by atoms with van der Waals surface area (Å²) in [6.07, 6.45) is 7.56. The lowest BCUT2D eigenvalue weighted by Gasteiger charge is -2.29. The van der Waals surface area contributed by atoms with Crippen LogP contribution in [0.5, 0.6) is 0 Å². The monoisotopic (exact) mass is 447 g/mol. The van der Waals surface area contributed by atoms with E-state index in [1.54, 1.807) is 17.7 Å². The molecular formula is C24H29N7O2. The van der Waals surface area contributed by atoms with E-state index < -0.39 is 0 Å². The van der Waals surface area contributed by atoms with E-state index in [1.165, 1.54) is 6.92 Å². The number of carbonyl (C=O) groups excluding carboxylic acids is 1. The summed E-state index contributed by atoms with van der Waals surface area (Å²) in [4.78, 5) is 41.6. The van der Waals surface area contributed by atoms with Crippen LogP contribution in [0.1, 0.15) is 54.6 Å². The van der Waals surface area contributed by atoms with Gasteiger partial charge in [0.1, 0.15) is 5.82 Å². The molecule has 1 aliphatic heterocycles. The molecule has 0 radical (unpaired) electrons. The molecule has 33 heavy (non-hydrogen) atoms. The van der Waals surface area contributed by atoms with Crippen molar-refractivity contribution < 1.29 is 4.79 Å². The number of pyridine rings is 2. The molecule has 9 heteroatoms. The van der Waals surface area contributed by atoms with Gasteiger partial charge >= 0.3 is 0 Å². The Morgan fingerprint density at radius 2 is 1.88 bits per heavy atom. The third kappa shape index (κ3) is 4.08. The van der Waals surface area contributed by atoms with Crippen LogP contribution in [0.2, 0.25) is 0 Å². The average molecular weight is 448 g/mol. The zero-order chi connectivity index (χ0) is 22.9. The van der Waals surface area contributed by atoms with Gasteiger partial charge in [0.2, 0.25) is 5.95 Å². The van der Waals surface area contributed by atoms with Crippen molar-refractivity contribution in [3.8, 4) is 0 Å². The van der Waals surface area contributed by atoms with Gasteiger partial charge in [-0.15, -0.1) is 0 Å². The van der Waals surface area contributed by atoms with Gasteiger partial charge in [-0.3, -0.25) is 9.59 Å². The molecule has 4 heterocycles. The maximum Gasteiger partial charge on any atom is 0.262 e. The minimum absolute atomic E-state index is 0.0836. The Bertz CT molecular complexity index is 1240. The Morgan fingerprint density at radius 3 is 2.55 bits per heavy atom. The van der Waals surface area contributed by atoms with Gasteiger partial charge in [0, 0.05) is 32.2 Å². The van der Waals surface area contributed by atoms with Crippen molar-refractivity contribution in [2.24, 2.45) is 0 Å². The number of aromatic nitrogens is 4. The number of carbonyl (C=O) groups is 1. The molecule has 1 saturated heterocycles. The first-order chi connectivity index (χ1) is 16.0. The number of nitrogens with one attached hydrogen (secondary N) is 2. The van der Waals surface area contributed by atoms with Crippen LogP contribution in [0.25, 0.3) is 11.0 Å². The number of nitrogens with zero attached hydrogens (tertiary/aromatic N) is 5. The van der Waals surface area contributed by atoms with Crippen LogP contribution in [-0.4, -0.2) is 51.5 Å². The van der Waals surface area contributed by atoms with Crippen molar-refractivity contribution in [3.05, 3.63) is 46.0 Å². The van der Waals surface area contributed by atoms with E-state index in [-0.39, 0.29) is 22.9 Å². The Hall–Kier alpha value is -3.33. The first-order valence-electron chi connectivity index (χ1n) is 11.6. The minimum Gasteiger partial charge on any atom is -0.368 e. The maximum absolute atomic E-state index is 13.2. The lowest BCUT2D eigenvalue weighted by Crippen LogP contribution is -2.43. The standard InChI is InChI=1S/C24H29N7O2/c1-15-21(16(2)32)23(33)31(17-5-3-4-6-17)19-14-27-24(29-22(15)19)28-20-8-7-18(13-26-20)30-11-9-25-10-12-30/h7-8,13-14,17,25H,3-6,9-12H2,1-2H3,(H,26,27,28,29). The van der Waals surface area contributed by atoms with Crippen molar-refractivity contribution >= 4 is 34.3 Å². The molecular weight excluding hydrogens is 418 g/mol. The molecule has 1 aliphatic carbocycles. The van der Waals surface area contributed by atoms with Gasteiger partial charge in [-0.2, -0.15) is 0 Å². The first kappa shape index (κ1) is 21.5. The summed E-state index contributed by atoms with van der Waals surface area (Å²) in [7, 11) is 0. The normalized spacial score (nSPS) is 17.0. The average Bonchev–Trinajstić information content (AvgIpc) is 3.35. The summed E-state index contributed by atoms with van der Waals surface area (Å²) in [6.45, 7) is 7.10. The number of Topliss-reactive ketones (excluding diaryl/α,β-unsaturated/α-hetero) is 1. The van der Waals surface area contributed by atoms with Crippen LogP contribution in [-0.2, 0) is 0 Å². The summed E-state index contributed by atoms with van der Waals surface area (Å²) in [5.74, 6) is 0.797. The largest absolute Gasteiger partial charge is 0.368 e. The number of piperazine rings is 1. The van der Waals surface area contributed by atoms with Gasteiger partial charge in [0.05, 0.1) is 34.7 Å². The van der Waals surface area contributed by atoms with Crippen LogP contribution in [0.3, 0.4) is 0 Å². The quantitative estimate of drug-likeness (QED) is 0.575. The number of hydrogen-bond donors (Lipinski definition) is 2. The molecule has 0 atom stereocenters. The zero-order valence-corrected chi connectivity index (χ0v) is 19.1. The second-order valence-electron chi connectivity index (χ2n) is 8.86. The third-order valence-electron chi connectivity index (χ3n) is 6.70. The van der Waals surface area contributed by atoms with Gasteiger partial charge in [0.15, 0.2) is 5.78 Å². The molecule has 0 aromatic carbocycles. The molecule has 1 saturated carbocycles. The highest BCUT2D eigenvalue weighted by Gasteiger charge is 2.25. The van der Waals surface area contributed by atoms with Gasteiger partial charge in [-0.05, 0) is 44.4 Å². The molecule has 2 N–H and O–H groups in total. The fourth-order valence-electron chi connectivity index (χ4n) is 5.02. The lowest BCUT2D eigenvalue weighted by atomic mass is 10.0. The van der Waals surface area contributed by atoms with E-state index in [1.807, 2.05) is 18.3 Å². The molecule has 5 rings (SSSR count). The highest BCUT2D eigenvalue weighted by Crippen LogP contribution is 2.32. The van der Waals surface area contributed by atoms with E-state index in [0.717, 1.165) is 57.5 Å². The van der Waals surface area contributed by atoms with Gasteiger partial charge in [-0.25, -0.2) is 15.0 Å². The number of rotatable bonds is 5. The van der Waals surface area contributed by atoms with Gasteiger partial charge in [-0.1, -0.05) is 12.8 Å². The molecule has 0 unspecified atom stereocenters. The van der Waals surface area contributed by atoms with Gasteiger partial charge < -0.3 is 20.1 Å². The van der Waals surface area contributed by atoms with Crippen molar-refractivity contribution in [1.29, 1.82) is 0 Å². The number of anilines is 3. The molecule has 2 fully saturated rings. The van der Waals surface area contributed by atoms with E-state index >= 15 is 0 Å². The Kier molecular flexibility index (Phi) is 5.80. The number of ketones is 1. The summed E-state index contributed by atoms with van der Waals surface area (Å²) < 4.78 is 1.75. The number of fused-ring (bicyclic) bond motifs is 1. The van der Waals surface area contributed by atoms with Crippen LogP contribution in [0.4, 0.5) is 17.5 Å². The second kappa shape index (κ2) is 8.90. The van der Waals surface area contributed by atoms with Crippen LogP contribution < -0.4 is 21.1 Å². The predicted molar refractivity (Wildman–Crippen MR) is 129 cm³/mol. The smallest absolute Gasteiger partial charge is 0.262 e. The van der Waals surface area contributed by atoms with Crippen molar-refractivity contribution in [2.75, 3.05) is 36.4 Å². The van der Waals surface area contributed by atoms with Crippen LogP contribution in [0.15, 0.2) is 29.3 Å². The number of aryl methyl sites for hydroxylation is 1. The second-order valence-corrected chi connectivity index (χ2v) is 8.86. The number of hydrogen-bond acceptors (Lipinski definition) is 8. The summed E-state index contributed by atoms with van der Waals surface area (Å²) in [6, 6.07) is 4.04. The van der Waals surface area contributed by atoms with Crippen LogP contribution >= 0.6 is 0 Å².